The van der Waals surface area contributed by atoms with Crippen molar-refractivity contribution in [2.24, 2.45) is 12.0 Å². The normalized spacial score (nSPS) is 16.5. The summed E-state index contributed by atoms with van der Waals surface area (Å²) in [4.78, 5) is 31.2. The second-order valence-corrected chi connectivity index (χ2v) is 7.67. The number of carbonyl (C=O) groups is 1. The molecule has 29 heavy (non-hydrogen) atoms. The minimum absolute atomic E-state index is 0.194. The lowest BCUT2D eigenvalue weighted by Crippen LogP contribution is -2.39. The Morgan fingerprint density at radius 2 is 2.07 bits per heavy atom. The highest BCUT2D eigenvalue weighted by Gasteiger charge is 2.33. The van der Waals surface area contributed by atoms with Gasteiger partial charge in [0.05, 0.1) is 34.6 Å². The van der Waals surface area contributed by atoms with Crippen LogP contribution in [0.25, 0.3) is 6.08 Å². The molecule has 0 amide bonds. The number of aryl methyl sites for hydroxylation is 1. The molecule has 0 spiro atoms. The molecule has 0 unspecified atom stereocenters. The lowest BCUT2D eigenvalue weighted by molar-refractivity contribution is -0.139. The van der Waals surface area contributed by atoms with E-state index in [9.17, 15) is 9.59 Å². The fraction of sp³-hybridized carbons (Fsp3) is 0.238. The Morgan fingerprint density at radius 1 is 1.31 bits per heavy atom. The van der Waals surface area contributed by atoms with Gasteiger partial charge in [0.25, 0.3) is 5.56 Å². The van der Waals surface area contributed by atoms with Crippen molar-refractivity contribution >= 4 is 23.4 Å². The standard InChI is InChI=1S/C21H20N4O3S/c1-4-28-20(27)17-13(2)23-21-25(18(17)15-8-6-5-7-9-15)19(26)16(29-21)10-14-11-22-24(3)12-14/h5-12,18H,4H2,1-3H3/b16-10-/t18-/m1/s1. The van der Waals surface area contributed by atoms with Gasteiger partial charge < -0.3 is 4.74 Å². The molecule has 3 heterocycles. The van der Waals surface area contributed by atoms with E-state index in [1.54, 1.807) is 35.4 Å². The van der Waals surface area contributed by atoms with Gasteiger partial charge in [0.2, 0.25) is 0 Å². The van der Waals surface area contributed by atoms with Crippen molar-refractivity contribution < 1.29 is 9.53 Å². The van der Waals surface area contributed by atoms with Crippen LogP contribution in [-0.4, -0.2) is 26.9 Å². The van der Waals surface area contributed by atoms with Crippen molar-refractivity contribution in [3.05, 3.63) is 84.8 Å². The summed E-state index contributed by atoms with van der Waals surface area (Å²) >= 11 is 1.30. The lowest BCUT2D eigenvalue weighted by atomic mass is 9.96. The molecule has 3 aromatic rings. The molecule has 1 aromatic carbocycles. The summed E-state index contributed by atoms with van der Waals surface area (Å²) in [5.41, 5.74) is 2.42. The molecule has 0 aliphatic carbocycles. The lowest BCUT2D eigenvalue weighted by Gasteiger charge is -2.24. The number of esters is 1. The van der Waals surface area contributed by atoms with Crippen LogP contribution >= 0.6 is 11.3 Å². The number of benzene rings is 1. The van der Waals surface area contributed by atoms with Crippen molar-refractivity contribution in [3.63, 3.8) is 0 Å². The Bertz CT molecular complexity index is 1280. The topological polar surface area (TPSA) is 78.5 Å². The maximum absolute atomic E-state index is 13.3. The molecule has 7 nitrogen and oxygen atoms in total. The first kappa shape index (κ1) is 19.1. The molecular weight excluding hydrogens is 388 g/mol. The summed E-state index contributed by atoms with van der Waals surface area (Å²) in [5.74, 6) is -0.454. The zero-order valence-electron chi connectivity index (χ0n) is 16.3. The fourth-order valence-corrected chi connectivity index (χ4v) is 4.45. The highest BCUT2D eigenvalue weighted by molar-refractivity contribution is 7.07. The van der Waals surface area contributed by atoms with Crippen LogP contribution in [0.4, 0.5) is 0 Å². The maximum atomic E-state index is 13.3. The monoisotopic (exact) mass is 408 g/mol. The number of fused-ring (bicyclic) bond motifs is 1. The van der Waals surface area contributed by atoms with Crippen LogP contribution < -0.4 is 14.9 Å². The highest BCUT2D eigenvalue weighted by Crippen LogP contribution is 2.30. The van der Waals surface area contributed by atoms with Gasteiger partial charge in [-0.3, -0.25) is 14.0 Å². The smallest absolute Gasteiger partial charge is 0.338 e. The summed E-state index contributed by atoms with van der Waals surface area (Å²) in [6.45, 7) is 3.79. The van der Waals surface area contributed by atoms with Gasteiger partial charge in [0.1, 0.15) is 0 Å². The fourth-order valence-electron chi connectivity index (χ4n) is 3.41. The Balaban J connectivity index is 1.96. The van der Waals surface area contributed by atoms with Crippen LogP contribution in [0.15, 0.2) is 63.8 Å². The minimum atomic E-state index is -0.581. The van der Waals surface area contributed by atoms with Crippen molar-refractivity contribution in [2.75, 3.05) is 6.61 Å². The van der Waals surface area contributed by atoms with E-state index in [-0.39, 0.29) is 12.2 Å². The zero-order valence-corrected chi connectivity index (χ0v) is 17.1. The average molecular weight is 408 g/mol. The molecule has 4 rings (SSSR count). The molecule has 2 aromatic heterocycles. The van der Waals surface area contributed by atoms with Gasteiger partial charge in [0.15, 0.2) is 4.80 Å². The molecule has 1 atom stereocenters. The Morgan fingerprint density at radius 3 is 2.72 bits per heavy atom. The molecule has 148 valence electrons. The number of hydrogen-bond acceptors (Lipinski definition) is 6. The molecule has 1 aliphatic heterocycles. The number of carbonyl (C=O) groups excluding carboxylic acids is 1. The second kappa shape index (κ2) is 7.63. The van der Waals surface area contributed by atoms with E-state index in [0.29, 0.717) is 20.6 Å². The summed E-state index contributed by atoms with van der Waals surface area (Å²) in [6.07, 6.45) is 5.33. The van der Waals surface area contributed by atoms with E-state index in [1.165, 1.54) is 11.3 Å². The SMILES string of the molecule is CCOC(=O)C1=C(C)N=c2s/c(=C\c3cnn(C)c3)c(=O)n2[C@@H]1c1ccccc1. The van der Waals surface area contributed by atoms with Crippen LogP contribution in [0.3, 0.4) is 0 Å². The van der Waals surface area contributed by atoms with Crippen LogP contribution in [0, 0.1) is 0 Å². The van der Waals surface area contributed by atoms with E-state index in [0.717, 1.165) is 11.1 Å². The third-order valence-electron chi connectivity index (χ3n) is 4.65. The van der Waals surface area contributed by atoms with Crippen molar-refractivity contribution in [2.45, 2.75) is 19.9 Å². The van der Waals surface area contributed by atoms with Gasteiger partial charge in [-0.1, -0.05) is 41.7 Å². The third-order valence-corrected chi connectivity index (χ3v) is 5.64. The number of allylic oxidation sites excluding steroid dienone is 1. The van der Waals surface area contributed by atoms with Crippen LogP contribution in [0.2, 0.25) is 0 Å². The van der Waals surface area contributed by atoms with Crippen LogP contribution in [-0.2, 0) is 16.6 Å². The van der Waals surface area contributed by atoms with E-state index in [2.05, 4.69) is 10.1 Å². The first-order chi connectivity index (χ1) is 14.0. The van der Waals surface area contributed by atoms with Gasteiger partial charge in [-0.05, 0) is 25.5 Å². The van der Waals surface area contributed by atoms with Gasteiger partial charge >= 0.3 is 5.97 Å². The number of rotatable bonds is 4. The van der Waals surface area contributed by atoms with Gasteiger partial charge in [-0.25, -0.2) is 9.79 Å². The van der Waals surface area contributed by atoms with Gasteiger partial charge in [0, 0.05) is 18.8 Å². The zero-order chi connectivity index (χ0) is 20.5. The first-order valence-corrected chi connectivity index (χ1v) is 10.0. The minimum Gasteiger partial charge on any atom is -0.463 e. The van der Waals surface area contributed by atoms with Gasteiger partial charge in [-0.2, -0.15) is 5.10 Å². The summed E-state index contributed by atoms with van der Waals surface area (Å²) < 4.78 is 9.08. The summed E-state index contributed by atoms with van der Waals surface area (Å²) in [7, 11) is 1.82. The van der Waals surface area contributed by atoms with E-state index < -0.39 is 12.0 Å². The van der Waals surface area contributed by atoms with E-state index >= 15 is 0 Å². The Kier molecular flexibility index (Phi) is 5.02. The summed E-state index contributed by atoms with van der Waals surface area (Å²) in [6, 6.07) is 8.90. The first-order valence-electron chi connectivity index (χ1n) is 9.23. The number of hydrogen-bond donors (Lipinski definition) is 0. The van der Waals surface area contributed by atoms with Crippen molar-refractivity contribution in [1.29, 1.82) is 0 Å². The Labute approximate surface area is 170 Å². The van der Waals surface area contributed by atoms with E-state index in [4.69, 9.17) is 4.74 Å². The van der Waals surface area contributed by atoms with Gasteiger partial charge in [-0.15, -0.1) is 0 Å². The Hall–Kier alpha value is -3.26. The van der Waals surface area contributed by atoms with Crippen LogP contribution in [0.5, 0.6) is 0 Å². The number of ether oxygens (including phenoxy) is 1. The van der Waals surface area contributed by atoms with Crippen LogP contribution in [0.1, 0.15) is 31.0 Å². The highest BCUT2D eigenvalue weighted by atomic mass is 32.1. The molecule has 0 radical (unpaired) electrons. The summed E-state index contributed by atoms with van der Waals surface area (Å²) in [5, 5.41) is 4.14. The quantitative estimate of drug-likeness (QED) is 0.614. The largest absolute Gasteiger partial charge is 0.463 e. The predicted octanol–water partition coefficient (Wildman–Crippen LogP) is 1.53. The molecule has 0 N–H and O–H groups in total. The van der Waals surface area contributed by atoms with E-state index in [1.807, 2.05) is 43.6 Å². The molecule has 8 heteroatoms. The maximum Gasteiger partial charge on any atom is 0.338 e. The molecule has 0 saturated heterocycles. The second-order valence-electron chi connectivity index (χ2n) is 6.66. The van der Waals surface area contributed by atoms with Crippen molar-refractivity contribution in [1.82, 2.24) is 14.3 Å². The molecular formula is C21H20N4O3S. The average Bonchev–Trinajstić information content (AvgIpc) is 3.24. The predicted molar refractivity (Wildman–Crippen MR) is 110 cm³/mol. The van der Waals surface area contributed by atoms with Crippen molar-refractivity contribution in [3.8, 4) is 0 Å². The number of aromatic nitrogens is 3. The molecule has 1 aliphatic rings. The molecule has 0 fully saturated rings. The number of thiazole rings is 1. The molecule has 0 bridgehead atoms. The number of nitrogens with zero attached hydrogens (tertiary/aromatic N) is 4. The third kappa shape index (κ3) is 3.47. The molecule has 0 saturated carbocycles.